The summed E-state index contributed by atoms with van der Waals surface area (Å²) < 4.78 is 37.1. The number of unbranched alkanes of at least 4 members (excludes halogenated alkanes) is 12. The van der Waals surface area contributed by atoms with E-state index in [0.717, 1.165) is 117 Å². The van der Waals surface area contributed by atoms with E-state index in [1.165, 1.54) is 50.7 Å². The normalized spacial score (nSPS) is 12.3. The van der Waals surface area contributed by atoms with E-state index in [2.05, 4.69) is 69.3 Å². The molecule has 0 aliphatic carbocycles. The smallest absolute Gasteiger partial charge is 0.343 e. The molecule has 0 N–H and O–H groups in total. The first-order valence-electron chi connectivity index (χ1n) is 33.4. The van der Waals surface area contributed by atoms with Crippen LogP contribution in [0.15, 0.2) is 180 Å². The van der Waals surface area contributed by atoms with Gasteiger partial charge in [0.15, 0.2) is 11.5 Å². The molecule has 0 saturated heterocycles. The number of nitro benzene ring substituents is 1. The van der Waals surface area contributed by atoms with E-state index < -0.39 is 22.5 Å². The molecule has 0 aliphatic rings. The van der Waals surface area contributed by atoms with Crippen molar-refractivity contribution in [1.29, 1.82) is 0 Å². The Bertz CT molecular complexity index is 3330. The Kier molecular flexibility index (Phi) is 32.1. The van der Waals surface area contributed by atoms with Crippen LogP contribution < -0.4 is 33.3 Å². The number of allylic oxidation sites excluding steroid dienone is 6. The van der Waals surface area contributed by atoms with Crippen molar-refractivity contribution in [3.8, 4) is 56.8 Å². The molecule has 0 amide bonds. The van der Waals surface area contributed by atoms with Gasteiger partial charge in [-0.3, -0.25) is 10.1 Å². The number of esters is 2. The molecule has 0 fully saturated rings. The summed E-state index contributed by atoms with van der Waals surface area (Å²) in [5.74, 6) is 0.254. The first-order chi connectivity index (χ1) is 44.8. The zero-order chi connectivity index (χ0) is 65.7. The lowest BCUT2D eigenvalue weighted by Gasteiger charge is -2.23. The average molecular weight is 1250 g/mol. The Hall–Kier alpha value is -8.78. The fraction of sp³-hybridized carbons (Fsp3) is 0.410. The van der Waals surface area contributed by atoms with Gasteiger partial charge in [-0.05, 0) is 149 Å². The third kappa shape index (κ3) is 25.1. The number of hydrogen-bond donors (Lipinski definition) is 0. The predicted octanol–water partition coefficient (Wildman–Crippen LogP) is 22.2. The van der Waals surface area contributed by atoms with Crippen LogP contribution in [0, 0.1) is 10.1 Å². The zero-order valence-corrected chi connectivity index (χ0v) is 55.7. The summed E-state index contributed by atoms with van der Waals surface area (Å²) in [4.78, 5) is 42.3. The summed E-state index contributed by atoms with van der Waals surface area (Å²) in [6.07, 6.45) is 37.8. The number of benzene rings is 6. The molecule has 6 aromatic carbocycles. The lowest BCUT2D eigenvalue weighted by molar-refractivity contribution is -0.385. The van der Waals surface area contributed by atoms with Gasteiger partial charge in [0, 0.05) is 32.3 Å². The minimum absolute atomic E-state index is 0.0344. The summed E-state index contributed by atoms with van der Waals surface area (Å²) in [5, 5.41) is 22.2. The molecular formula is C78H98N4O10. The third-order valence-electron chi connectivity index (χ3n) is 15.5. The van der Waals surface area contributed by atoms with Crippen LogP contribution in [0.5, 0.6) is 34.5 Å². The van der Waals surface area contributed by atoms with Crippen LogP contribution >= 0.6 is 0 Å². The van der Waals surface area contributed by atoms with Gasteiger partial charge in [0.2, 0.25) is 5.75 Å². The Morgan fingerprint density at radius 1 is 0.467 bits per heavy atom. The van der Waals surface area contributed by atoms with Crippen molar-refractivity contribution < 1.29 is 42.9 Å². The molecule has 2 atom stereocenters. The molecule has 0 saturated carbocycles. The first kappa shape index (κ1) is 72.3. The van der Waals surface area contributed by atoms with Gasteiger partial charge >= 0.3 is 17.6 Å². The quantitative estimate of drug-likeness (QED) is 0.00682. The number of hydrogen-bond acceptors (Lipinski definition) is 13. The molecule has 2 unspecified atom stereocenters. The molecule has 14 heteroatoms. The number of ether oxygens (including phenoxy) is 6. The number of nitro groups is 1. The Morgan fingerprint density at radius 2 is 0.859 bits per heavy atom. The lowest BCUT2D eigenvalue weighted by atomic mass is 10.0. The van der Waals surface area contributed by atoms with Crippen LogP contribution in [-0.2, 0) is 0 Å². The summed E-state index contributed by atoms with van der Waals surface area (Å²) in [6.45, 7) is 13.6. The van der Waals surface area contributed by atoms with Crippen molar-refractivity contribution in [1.82, 2.24) is 0 Å². The van der Waals surface area contributed by atoms with E-state index >= 15 is 0 Å². The molecule has 14 nitrogen and oxygen atoms in total. The highest BCUT2D eigenvalue weighted by Crippen LogP contribution is 2.45. The molecule has 92 heavy (non-hydrogen) atoms. The van der Waals surface area contributed by atoms with Crippen LogP contribution in [0.4, 0.5) is 22.7 Å². The van der Waals surface area contributed by atoms with E-state index in [1.807, 2.05) is 106 Å². The molecule has 0 aliphatic heterocycles. The fourth-order valence-corrected chi connectivity index (χ4v) is 10.1. The lowest BCUT2D eigenvalue weighted by Crippen LogP contribution is -2.16. The van der Waals surface area contributed by atoms with E-state index in [-0.39, 0.29) is 46.4 Å². The zero-order valence-electron chi connectivity index (χ0n) is 55.7. The van der Waals surface area contributed by atoms with Crippen molar-refractivity contribution in [2.24, 2.45) is 10.2 Å². The second kappa shape index (κ2) is 40.9. The van der Waals surface area contributed by atoms with Gasteiger partial charge < -0.3 is 33.3 Å². The maximum absolute atomic E-state index is 14.2. The number of nitrogens with zero attached hydrogens (tertiary/aromatic N) is 4. The van der Waals surface area contributed by atoms with E-state index in [9.17, 15) is 19.7 Å². The van der Waals surface area contributed by atoms with Gasteiger partial charge in [0.25, 0.3) is 0 Å². The number of anilines is 1. The molecule has 0 radical (unpaired) electrons. The largest absolute Gasteiger partial charge is 0.490 e. The highest BCUT2D eigenvalue weighted by atomic mass is 16.6. The van der Waals surface area contributed by atoms with Gasteiger partial charge in [-0.25, -0.2) is 9.59 Å². The average Bonchev–Trinajstić information content (AvgIpc) is 1.06. The first-order valence-corrected chi connectivity index (χ1v) is 33.4. The minimum Gasteiger partial charge on any atom is -0.490 e. The fourth-order valence-electron chi connectivity index (χ4n) is 10.1. The van der Waals surface area contributed by atoms with Gasteiger partial charge in [0.1, 0.15) is 41.8 Å². The Labute approximate surface area is 547 Å². The standard InChI is InChI=1S/C78H98N4O10/c1-9-13-17-21-23-25-27-29-33-53-87-67-49-45-63(46-50-67)61-37-41-65(42-38-61)77(83)91-74-57-71(81(7)8)75(90-60(6)36-32-20-16-12-4)55-70(74)80-79-69-56-76(72(82(85)86)58-73(69)89-59(5)35-31-19-15-11-3)92-78(84)66-43-39-62(40-44-66)64-47-51-68(52-48-64)88-54-34-30-28-26-24-22-18-14-10-2/h23-26,29-30,33-34,37-52,55-60H,9-22,27-28,31-32,35-36,53-54H2,1-8H3. The number of carbonyl (C=O) groups is 2. The SMILES string of the molecule is CCCCCC=CCC=CCOc1ccc(-c2ccc(C(=O)Oc3cc(N(C)C)c(OC(C)CCCCCC)cc3N=Nc3cc(OC(=O)c4ccc(-c5ccc(OCC=CCC=CCCCCC)cc5)cc4)c([N+](=O)[O-])cc3OC(C)CCCCCC)cc2)cc1. The Balaban J connectivity index is 1.25. The van der Waals surface area contributed by atoms with Crippen LogP contribution in [0.25, 0.3) is 22.3 Å². The van der Waals surface area contributed by atoms with Crippen LogP contribution in [0.1, 0.15) is 191 Å². The summed E-state index contributed by atoms with van der Waals surface area (Å²) >= 11 is 0. The van der Waals surface area contributed by atoms with E-state index in [4.69, 9.17) is 33.5 Å². The second-order valence-corrected chi connectivity index (χ2v) is 23.4. The van der Waals surface area contributed by atoms with Crippen LogP contribution in [0.3, 0.4) is 0 Å². The van der Waals surface area contributed by atoms with Gasteiger partial charge in [-0.15, -0.1) is 10.2 Å². The monoisotopic (exact) mass is 1250 g/mol. The van der Waals surface area contributed by atoms with Crippen LogP contribution in [-0.4, -0.2) is 56.4 Å². The topological polar surface area (TPSA) is 161 Å². The number of azo groups is 1. The van der Waals surface area contributed by atoms with Crippen molar-refractivity contribution in [2.75, 3.05) is 32.2 Å². The summed E-state index contributed by atoms with van der Waals surface area (Å²) in [6, 6.07) is 35.3. The minimum atomic E-state index is -0.824. The molecule has 0 heterocycles. The Morgan fingerprint density at radius 3 is 1.29 bits per heavy atom. The molecule has 6 rings (SSSR count). The maximum Gasteiger partial charge on any atom is 0.343 e. The van der Waals surface area contributed by atoms with E-state index in [0.29, 0.717) is 36.6 Å². The molecule has 0 aromatic heterocycles. The number of rotatable bonds is 42. The molecular weight excluding hydrogens is 1150 g/mol. The van der Waals surface area contributed by atoms with Gasteiger partial charge in [-0.1, -0.05) is 189 Å². The highest BCUT2D eigenvalue weighted by molar-refractivity contribution is 5.93. The van der Waals surface area contributed by atoms with E-state index in [1.54, 1.807) is 48.5 Å². The number of carbonyl (C=O) groups excluding carboxylic acids is 2. The van der Waals surface area contributed by atoms with Crippen molar-refractivity contribution in [2.45, 2.75) is 182 Å². The third-order valence-corrected chi connectivity index (χ3v) is 15.5. The molecule has 0 bridgehead atoms. The van der Waals surface area contributed by atoms with Gasteiger partial charge in [0.05, 0.1) is 40.0 Å². The highest BCUT2D eigenvalue weighted by Gasteiger charge is 2.26. The molecule has 0 spiro atoms. The predicted molar refractivity (Wildman–Crippen MR) is 374 cm³/mol. The molecule has 490 valence electrons. The van der Waals surface area contributed by atoms with Crippen molar-refractivity contribution >= 4 is 34.7 Å². The van der Waals surface area contributed by atoms with Crippen molar-refractivity contribution in [3.05, 3.63) is 191 Å². The van der Waals surface area contributed by atoms with Crippen LogP contribution in [0.2, 0.25) is 0 Å². The summed E-state index contributed by atoms with van der Waals surface area (Å²) in [5.41, 5.74) is 4.34. The molecule has 6 aromatic rings. The maximum atomic E-state index is 14.2. The summed E-state index contributed by atoms with van der Waals surface area (Å²) in [7, 11) is 3.74. The van der Waals surface area contributed by atoms with Gasteiger partial charge in [-0.2, -0.15) is 0 Å². The second-order valence-electron chi connectivity index (χ2n) is 23.4. The van der Waals surface area contributed by atoms with Crippen molar-refractivity contribution in [3.63, 3.8) is 0 Å².